The fraction of sp³-hybridized carbons (Fsp3) is 0.417. The van der Waals surface area contributed by atoms with Crippen molar-refractivity contribution >= 4 is 18.2 Å². The van der Waals surface area contributed by atoms with Crippen LogP contribution in [0.5, 0.6) is 5.75 Å². The second kappa shape index (κ2) is 5.92. The highest BCUT2D eigenvalue weighted by Crippen LogP contribution is 2.15. The molecule has 0 radical (unpaired) electrons. The van der Waals surface area contributed by atoms with Gasteiger partial charge in [0.15, 0.2) is 0 Å². The van der Waals surface area contributed by atoms with Gasteiger partial charge in [-0.1, -0.05) is 12.1 Å². The maximum absolute atomic E-state index is 5.11. The van der Waals surface area contributed by atoms with Crippen molar-refractivity contribution in [1.29, 1.82) is 0 Å². The number of rotatable bonds is 5. The molecule has 86 valence electrons. The van der Waals surface area contributed by atoms with Crippen LogP contribution in [0.15, 0.2) is 28.7 Å². The molecule has 1 atom stereocenters. The summed E-state index contributed by atoms with van der Waals surface area (Å²) in [5.74, 6) is 2.60. The molecule has 1 aromatic carbocycles. The van der Waals surface area contributed by atoms with E-state index in [1.54, 1.807) is 19.1 Å². The third-order valence-corrected chi connectivity index (χ3v) is 3.38. The van der Waals surface area contributed by atoms with Crippen molar-refractivity contribution in [3.05, 3.63) is 29.8 Å². The van der Waals surface area contributed by atoms with Gasteiger partial charge in [0.05, 0.1) is 7.11 Å². The predicted molar refractivity (Wildman–Crippen MR) is 69.1 cm³/mol. The summed E-state index contributed by atoms with van der Waals surface area (Å²) in [5, 5.41) is 3.44. The third kappa shape index (κ3) is 3.25. The number of hydrogen-bond acceptors (Lipinski definition) is 4. The Kier molecular flexibility index (Phi) is 4.25. The van der Waals surface area contributed by atoms with Gasteiger partial charge in [-0.3, -0.25) is 0 Å². The lowest BCUT2D eigenvalue weighted by Gasteiger charge is -2.08. The first-order valence-corrected chi connectivity index (χ1v) is 6.32. The molecule has 1 aromatic rings. The Morgan fingerprint density at radius 1 is 1.44 bits per heavy atom. The molecule has 0 saturated heterocycles. The minimum atomic E-state index is 0.586. The molecule has 1 N–H and O–H groups in total. The highest BCUT2D eigenvalue weighted by molar-refractivity contribution is 7.98. The quantitative estimate of drug-likeness (QED) is 0.795. The smallest absolute Gasteiger partial charge is 0.118 e. The normalized spacial score (nSPS) is 18.9. The van der Waals surface area contributed by atoms with E-state index in [-0.39, 0.29) is 0 Å². The average Bonchev–Trinajstić information content (AvgIpc) is 2.83. The van der Waals surface area contributed by atoms with Crippen LogP contribution in [0.25, 0.3) is 0 Å². The van der Waals surface area contributed by atoms with Crippen LogP contribution in [0.1, 0.15) is 5.56 Å². The standard InChI is InChI=1S/C12H16N2OS/c1-15-12-4-2-10(3-5-12)6-13-7-11-8-14-16-9-11/h2-5,8,11,13H,6-7,9H2,1H3. The topological polar surface area (TPSA) is 33.6 Å². The molecule has 0 aromatic heterocycles. The van der Waals surface area contributed by atoms with Gasteiger partial charge in [-0.2, -0.15) is 0 Å². The molecular formula is C12H16N2OS. The van der Waals surface area contributed by atoms with Crippen molar-refractivity contribution in [3.8, 4) is 5.75 Å². The fourth-order valence-electron chi connectivity index (χ4n) is 1.57. The molecule has 1 unspecified atom stereocenters. The van der Waals surface area contributed by atoms with Crippen molar-refractivity contribution in [1.82, 2.24) is 5.32 Å². The van der Waals surface area contributed by atoms with E-state index in [0.717, 1.165) is 24.6 Å². The molecule has 0 aliphatic carbocycles. The molecule has 1 aliphatic heterocycles. The Morgan fingerprint density at radius 2 is 2.25 bits per heavy atom. The number of hydrogen-bond donors (Lipinski definition) is 1. The van der Waals surface area contributed by atoms with E-state index >= 15 is 0 Å². The number of nitrogens with one attached hydrogen (secondary N) is 1. The summed E-state index contributed by atoms with van der Waals surface area (Å²) < 4.78 is 9.26. The van der Waals surface area contributed by atoms with E-state index < -0.39 is 0 Å². The lowest BCUT2D eigenvalue weighted by atomic mass is 10.2. The molecule has 1 aliphatic rings. The lowest BCUT2D eigenvalue weighted by Crippen LogP contribution is -2.23. The summed E-state index contributed by atoms with van der Waals surface area (Å²) in [6.07, 6.45) is 2.03. The predicted octanol–water partition coefficient (Wildman–Crippen LogP) is 2.13. The molecule has 1 heterocycles. The zero-order valence-corrected chi connectivity index (χ0v) is 10.2. The van der Waals surface area contributed by atoms with Gasteiger partial charge in [-0.25, -0.2) is 4.40 Å². The van der Waals surface area contributed by atoms with Gasteiger partial charge >= 0.3 is 0 Å². The molecule has 4 heteroatoms. The largest absolute Gasteiger partial charge is 0.497 e. The molecule has 3 nitrogen and oxygen atoms in total. The van der Waals surface area contributed by atoms with Crippen LogP contribution in [0.4, 0.5) is 0 Å². The summed E-state index contributed by atoms with van der Waals surface area (Å²) in [5.41, 5.74) is 1.28. The van der Waals surface area contributed by atoms with Crippen molar-refractivity contribution in [2.75, 3.05) is 19.4 Å². The average molecular weight is 236 g/mol. The molecule has 0 saturated carbocycles. The lowest BCUT2D eigenvalue weighted by molar-refractivity contribution is 0.414. The van der Waals surface area contributed by atoms with Gasteiger partial charge in [0.25, 0.3) is 0 Å². The second-order valence-electron chi connectivity index (χ2n) is 3.79. The molecule has 0 amide bonds. The van der Waals surface area contributed by atoms with Crippen LogP contribution in [-0.4, -0.2) is 25.6 Å². The molecule has 2 rings (SSSR count). The van der Waals surface area contributed by atoms with Crippen molar-refractivity contribution in [3.63, 3.8) is 0 Å². The van der Waals surface area contributed by atoms with E-state index in [2.05, 4.69) is 21.8 Å². The first kappa shape index (κ1) is 11.5. The highest BCUT2D eigenvalue weighted by Gasteiger charge is 2.10. The summed E-state index contributed by atoms with van der Waals surface area (Å²) in [7, 11) is 1.68. The molecule has 0 fully saturated rings. The van der Waals surface area contributed by atoms with E-state index in [0.29, 0.717) is 5.92 Å². The van der Waals surface area contributed by atoms with Crippen LogP contribution in [0.2, 0.25) is 0 Å². The molecular weight excluding hydrogens is 220 g/mol. The summed E-state index contributed by atoms with van der Waals surface area (Å²) in [6.45, 7) is 1.90. The van der Waals surface area contributed by atoms with Crippen LogP contribution in [0, 0.1) is 5.92 Å². The van der Waals surface area contributed by atoms with Crippen LogP contribution in [0.3, 0.4) is 0 Å². The summed E-state index contributed by atoms with van der Waals surface area (Å²) >= 11 is 1.65. The van der Waals surface area contributed by atoms with Gasteiger partial charge in [-0.15, -0.1) is 0 Å². The number of ether oxygens (including phenoxy) is 1. The third-order valence-electron chi connectivity index (χ3n) is 2.53. The van der Waals surface area contributed by atoms with Crippen LogP contribution >= 0.6 is 11.9 Å². The second-order valence-corrected chi connectivity index (χ2v) is 4.59. The minimum absolute atomic E-state index is 0.586. The molecule has 16 heavy (non-hydrogen) atoms. The van der Waals surface area contributed by atoms with Crippen LogP contribution < -0.4 is 10.1 Å². The number of benzene rings is 1. The first-order valence-electron chi connectivity index (χ1n) is 5.37. The first-order chi connectivity index (χ1) is 7.88. The Hall–Kier alpha value is -1.00. The highest BCUT2D eigenvalue weighted by atomic mass is 32.2. The van der Waals surface area contributed by atoms with Gasteiger partial charge < -0.3 is 10.1 Å². The van der Waals surface area contributed by atoms with E-state index in [4.69, 9.17) is 4.74 Å². The Morgan fingerprint density at radius 3 is 2.88 bits per heavy atom. The van der Waals surface area contributed by atoms with Gasteiger partial charge in [0, 0.05) is 31.0 Å². The summed E-state index contributed by atoms with van der Waals surface area (Å²) in [6, 6.07) is 8.15. The minimum Gasteiger partial charge on any atom is -0.497 e. The Balaban J connectivity index is 1.74. The van der Waals surface area contributed by atoms with Gasteiger partial charge in [0.2, 0.25) is 0 Å². The maximum atomic E-state index is 5.11. The number of methoxy groups -OCH3 is 1. The maximum Gasteiger partial charge on any atom is 0.118 e. The fourth-order valence-corrected chi connectivity index (χ4v) is 2.31. The zero-order chi connectivity index (χ0) is 11.2. The Labute approximate surface area is 100 Å². The zero-order valence-electron chi connectivity index (χ0n) is 9.35. The number of nitrogens with zero attached hydrogens (tertiary/aromatic N) is 1. The SMILES string of the molecule is COc1ccc(CNCC2C=NSC2)cc1. The van der Waals surface area contributed by atoms with Crippen molar-refractivity contribution in [2.24, 2.45) is 10.3 Å². The monoisotopic (exact) mass is 236 g/mol. The van der Waals surface area contributed by atoms with Crippen molar-refractivity contribution in [2.45, 2.75) is 6.54 Å². The van der Waals surface area contributed by atoms with E-state index in [1.807, 2.05) is 18.3 Å². The summed E-state index contributed by atoms with van der Waals surface area (Å²) in [4.78, 5) is 0. The molecule has 0 bridgehead atoms. The van der Waals surface area contributed by atoms with E-state index in [1.165, 1.54) is 5.56 Å². The van der Waals surface area contributed by atoms with Crippen molar-refractivity contribution < 1.29 is 4.74 Å². The van der Waals surface area contributed by atoms with Gasteiger partial charge in [-0.05, 0) is 29.6 Å². The van der Waals surface area contributed by atoms with Crippen LogP contribution in [-0.2, 0) is 6.54 Å². The molecule has 0 spiro atoms. The van der Waals surface area contributed by atoms with E-state index in [9.17, 15) is 0 Å². The van der Waals surface area contributed by atoms with Gasteiger partial charge in [0.1, 0.15) is 5.75 Å². The Bertz CT molecular complexity index is 351.